The van der Waals surface area contributed by atoms with Crippen molar-refractivity contribution in [3.63, 3.8) is 0 Å². The third kappa shape index (κ3) is 10.2. The molecule has 2 heterocycles. The van der Waals surface area contributed by atoms with E-state index in [0.29, 0.717) is 41.4 Å². The van der Waals surface area contributed by atoms with E-state index in [0.717, 1.165) is 11.8 Å². The number of halogens is 4. The molecule has 0 radical (unpaired) electrons. The Morgan fingerprint density at radius 3 is 2.50 bits per heavy atom. The van der Waals surface area contributed by atoms with E-state index in [9.17, 15) is 26.8 Å². The van der Waals surface area contributed by atoms with Crippen LogP contribution in [0.1, 0.15) is 22.8 Å². The summed E-state index contributed by atoms with van der Waals surface area (Å²) in [5.41, 5.74) is 2.66. The molecule has 0 unspecified atom stereocenters. The lowest BCUT2D eigenvalue weighted by Crippen LogP contribution is -2.39. The summed E-state index contributed by atoms with van der Waals surface area (Å²) in [6.07, 6.45) is 6.02. The molecule has 13 nitrogen and oxygen atoms in total. The van der Waals surface area contributed by atoms with Crippen molar-refractivity contribution in [2.24, 2.45) is 0 Å². The molecular weight excluding hydrogens is 695 g/mol. The average Bonchev–Trinajstić information content (AvgIpc) is 3.44. The highest BCUT2D eigenvalue weighted by Crippen LogP contribution is 2.31. The zero-order valence-electron chi connectivity index (χ0n) is 26.6. The second-order valence-corrected chi connectivity index (χ2v) is 12.1. The van der Waals surface area contributed by atoms with Gasteiger partial charge in [0.15, 0.2) is 23.0 Å². The highest BCUT2D eigenvalue weighted by molar-refractivity contribution is 7.89. The maximum Gasteiger partial charge on any atom is 0.251 e. The number of likely N-dealkylation sites (N-methyl/N-ethyl adjacent to an activating group) is 1. The summed E-state index contributed by atoms with van der Waals surface area (Å²) in [5.74, 6) is -2.87. The fourth-order valence-electron chi connectivity index (χ4n) is 4.63. The minimum Gasteiger partial charge on any atom is -0.494 e. The number of nitrogens with one attached hydrogen (secondary N) is 3. The summed E-state index contributed by atoms with van der Waals surface area (Å²) in [4.78, 5) is 34.9. The van der Waals surface area contributed by atoms with Crippen LogP contribution in [0.3, 0.4) is 0 Å². The van der Waals surface area contributed by atoms with Crippen LogP contribution in [0.25, 0.3) is 16.9 Å². The van der Waals surface area contributed by atoms with E-state index in [1.807, 2.05) is 17.7 Å². The fraction of sp³-hybridized carbons (Fsp3) is 0.333. The molecule has 0 aliphatic heterocycles. The molecule has 4 rings (SSSR count). The van der Waals surface area contributed by atoms with Gasteiger partial charge in [-0.1, -0.05) is 6.92 Å². The number of aromatic nitrogens is 3. The predicted octanol–water partition coefficient (Wildman–Crippen LogP) is 3.59. The molecule has 3 N–H and O–H groups in total. The topological polar surface area (TPSA) is 156 Å². The van der Waals surface area contributed by atoms with Crippen molar-refractivity contribution in [2.75, 3.05) is 58.6 Å². The summed E-state index contributed by atoms with van der Waals surface area (Å²) in [5, 5.41) is 6.03. The van der Waals surface area contributed by atoms with Crippen LogP contribution < -0.4 is 20.1 Å². The Kier molecular flexibility index (Phi) is 14.9. The van der Waals surface area contributed by atoms with Crippen LogP contribution in [0.5, 0.6) is 5.75 Å². The Balaban J connectivity index is 0.00000400. The van der Waals surface area contributed by atoms with Crippen LogP contribution in [0, 0.1) is 11.6 Å². The van der Waals surface area contributed by atoms with Gasteiger partial charge in [0.25, 0.3) is 5.91 Å². The number of nitrogens with zero attached hydrogens (tertiary/aromatic N) is 4. The van der Waals surface area contributed by atoms with Gasteiger partial charge in [-0.05, 0) is 49.4 Å². The molecule has 0 spiro atoms. The smallest absolute Gasteiger partial charge is 0.251 e. The van der Waals surface area contributed by atoms with E-state index >= 15 is 0 Å². The normalized spacial score (nSPS) is 11.1. The van der Waals surface area contributed by atoms with Crippen LogP contribution in [0.2, 0.25) is 0 Å². The number of carbonyl (C=O) groups excluding carboxylic acids is 2. The molecule has 48 heavy (non-hydrogen) atoms. The molecule has 0 saturated heterocycles. The van der Waals surface area contributed by atoms with Gasteiger partial charge in [0.05, 0.1) is 45.0 Å². The maximum atomic E-state index is 14.8. The number of hydrogen-bond donors (Lipinski definition) is 3. The number of sulfonamides is 1. The molecule has 2 amide bonds. The molecule has 4 aromatic rings. The van der Waals surface area contributed by atoms with E-state index in [1.165, 1.54) is 31.6 Å². The van der Waals surface area contributed by atoms with Crippen molar-refractivity contribution in [2.45, 2.75) is 13.3 Å². The van der Waals surface area contributed by atoms with Crippen LogP contribution in [-0.2, 0) is 26.0 Å². The van der Waals surface area contributed by atoms with Gasteiger partial charge >= 0.3 is 0 Å². The molecule has 0 aliphatic carbocycles. The van der Waals surface area contributed by atoms with Crippen molar-refractivity contribution < 1.29 is 36.3 Å². The first-order valence-corrected chi connectivity index (χ1v) is 16.1. The van der Waals surface area contributed by atoms with Crippen molar-refractivity contribution in [3.8, 4) is 17.0 Å². The molecule has 0 atom stereocenters. The van der Waals surface area contributed by atoms with Crippen LogP contribution in [0.4, 0.5) is 20.3 Å². The Labute approximate surface area is 289 Å². The number of benzene rings is 2. The van der Waals surface area contributed by atoms with Gasteiger partial charge in [0.1, 0.15) is 0 Å². The number of hydrogen-bond acceptors (Lipinski definition) is 10. The third-order valence-electron chi connectivity index (χ3n) is 6.83. The highest BCUT2D eigenvalue weighted by atomic mass is 35.5. The standard InChI is InChI=1S/C30H35F2N7O6S.2ClH/c1-5-19-16-20(6-7-21(19)30(41)34-11-14-45-15-13-38(2)18-25(40)37-46(4,42)43)36-28-29-35-17-23(39(29)12-10-33-28)22-8-9-24(44-3)27(32)26(22)31;;/h6-10,12,16-17H,5,11,13-15,18H2,1-4H3,(H,33,36)(H,34,41)(H,37,40);2*1H. The lowest BCUT2D eigenvalue weighted by molar-refractivity contribution is -0.120. The molecule has 2 aromatic heterocycles. The van der Waals surface area contributed by atoms with Crippen LogP contribution >= 0.6 is 24.8 Å². The summed E-state index contributed by atoms with van der Waals surface area (Å²) in [6, 6.07) is 8.02. The van der Waals surface area contributed by atoms with Gasteiger partial charge in [-0.2, -0.15) is 4.39 Å². The highest BCUT2D eigenvalue weighted by Gasteiger charge is 2.19. The largest absolute Gasteiger partial charge is 0.494 e. The lowest BCUT2D eigenvalue weighted by Gasteiger charge is -2.16. The van der Waals surface area contributed by atoms with E-state index < -0.39 is 27.6 Å². The molecule has 262 valence electrons. The van der Waals surface area contributed by atoms with Crippen molar-refractivity contribution in [1.29, 1.82) is 0 Å². The monoisotopic (exact) mass is 731 g/mol. The van der Waals surface area contributed by atoms with Crippen molar-refractivity contribution in [3.05, 3.63) is 71.7 Å². The van der Waals surface area contributed by atoms with Crippen LogP contribution in [-0.4, -0.2) is 92.8 Å². The zero-order valence-corrected chi connectivity index (χ0v) is 29.0. The number of methoxy groups -OCH3 is 1. The first kappa shape index (κ1) is 40.1. The average molecular weight is 733 g/mol. The van der Waals surface area contributed by atoms with Gasteiger partial charge in [-0.15, -0.1) is 24.8 Å². The molecule has 0 saturated carbocycles. The Hall–Kier alpha value is -4.09. The first-order chi connectivity index (χ1) is 21.9. The second-order valence-electron chi connectivity index (χ2n) is 10.3. The van der Waals surface area contributed by atoms with Gasteiger partial charge in [-0.25, -0.2) is 22.8 Å². The van der Waals surface area contributed by atoms with Crippen molar-refractivity contribution >= 4 is 63.8 Å². The molecular formula is C30H37Cl2F2N7O6S. The molecule has 2 aromatic carbocycles. The molecule has 0 fully saturated rings. The quantitative estimate of drug-likeness (QED) is 0.155. The van der Waals surface area contributed by atoms with E-state index in [4.69, 9.17) is 9.47 Å². The summed E-state index contributed by atoms with van der Waals surface area (Å²) < 4.78 is 65.3. The summed E-state index contributed by atoms with van der Waals surface area (Å²) >= 11 is 0. The van der Waals surface area contributed by atoms with Gasteiger partial charge < -0.3 is 20.1 Å². The SMILES string of the molecule is CCc1cc(Nc2nccn3c(-c4ccc(OC)c(F)c4F)cnc23)ccc1C(=O)NCCOCCN(C)CC(=O)NS(C)(=O)=O.Cl.Cl. The van der Waals surface area contributed by atoms with Crippen molar-refractivity contribution in [1.82, 2.24) is 29.3 Å². The maximum absolute atomic E-state index is 14.8. The third-order valence-corrected chi connectivity index (χ3v) is 7.42. The Morgan fingerprint density at radius 1 is 1.06 bits per heavy atom. The summed E-state index contributed by atoms with van der Waals surface area (Å²) in [7, 11) is -0.684. The fourth-order valence-corrected chi connectivity index (χ4v) is 5.11. The van der Waals surface area contributed by atoms with E-state index in [-0.39, 0.29) is 68.3 Å². The molecule has 18 heteroatoms. The predicted molar refractivity (Wildman–Crippen MR) is 182 cm³/mol. The Bertz CT molecular complexity index is 1850. The first-order valence-electron chi connectivity index (χ1n) is 14.2. The number of fused-ring (bicyclic) bond motifs is 1. The number of amides is 2. The number of carbonyl (C=O) groups is 2. The number of imidazole rings is 1. The zero-order chi connectivity index (χ0) is 33.4. The molecule has 0 aliphatic rings. The second kappa shape index (κ2) is 17.9. The lowest BCUT2D eigenvalue weighted by atomic mass is 10.0. The van der Waals surface area contributed by atoms with E-state index in [2.05, 4.69) is 20.6 Å². The summed E-state index contributed by atoms with van der Waals surface area (Å²) in [6.45, 7) is 2.99. The van der Waals surface area contributed by atoms with E-state index in [1.54, 1.807) is 34.7 Å². The van der Waals surface area contributed by atoms with Gasteiger partial charge in [-0.3, -0.25) is 23.6 Å². The minimum absolute atomic E-state index is 0. The number of rotatable bonds is 15. The van der Waals surface area contributed by atoms with Gasteiger partial charge in [0, 0.05) is 42.3 Å². The molecule has 0 bridgehead atoms. The number of ether oxygens (including phenoxy) is 2. The van der Waals surface area contributed by atoms with Gasteiger partial charge in [0.2, 0.25) is 21.7 Å². The minimum atomic E-state index is -3.61. The Morgan fingerprint density at radius 2 is 1.81 bits per heavy atom. The van der Waals surface area contributed by atoms with Crippen LogP contribution in [0.15, 0.2) is 48.9 Å². The number of aryl methyl sites for hydroxylation is 1. The number of anilines is 2.